The Labute approximate surface area is 147 Å². The topological polar surface area (TPSA) is 143 Å². The normalized spacial score (nSPS) is 9.31. The van der Waals surface area contributed by atoms with Gasteiger partial charge in [0.1, 0.15) is 36.4 Å². The van der Waals surface area contributed by atoms with Gasteiger partial charge < -0.3 is 0 Å². The van der Waals surface area contributed by atoms with Crippen molar-refractivity contribution in [1.29, 1.82) is 31.6 Å². The number of fused-ring (bicyclic) bond motifs is 3. The molecule has 0 aliphatic rings. The van der Waals surface area contributed by atoms with Gasteiger partial charge in [0.05, 0.1) is 33.4 Å². The van der Waals surface area contributed by atoms with Gasteiger partial charge in [0, 0.05) is 16.2 Å². The highest BCUT2D eigenvalue weighted by atomic mass is 14.4. The lowest BCUT2D eigenvalue weighted by molar-refractivity contribution is 1.39. The molecule has 3 aromatic rings. The van der Waals surface area contributed by atoms with Crippen molar-refractivity contribution in [3.05, 3.63) is 57.6 Å². The van der Waals surface area contributed by atoms with E-state index < -0.39 is 0 Å². The summed E-state index contributed by atoms with van der Waals surface area (Å²) in [6.45, 7) is 0. The lowest BCUT2D eigenvalue weighted by Gasteiger charge is -2.12. The SMILES string of the molecule is N#Cc1ccc2ccc3c(C#N)c(C#N)c(C#N)c(C#N)c3c2c1C#N. The van der Waals surface area contributed by atoms with E-state index in [4.69, 9.17) is 0 Å². The predicted octanol–water partition coefficient (Wildman–Crippen LogP) is 3.22. The van der Waals surface area contributed by atoms with E-state index in [-0.39, 0.29) is 38.8 Å². The summed E-state index contributed by atoms with van der Waals surface area (Å²) in [5.41, 5.74) is -0.324. The molecule has 0 fully saturated rings. The Hall–Kier alpha value is -4.88. The zero-order chi connectivity index (χ0) is 18.8. The third-order valence-corrected chi connectivity index (χ3v) is 4.14. The van der Waals surface area contributed by atoms with Crippen molar-refractivity contribution in [3.63, 3.8) is 0 Å². The first kappa shape index (κ1) is 16.0. The Kier molecular flexibility index (Phi) is 3.67. The molecule has 3 rings (SSSR count). The van der Waals surface area contributed by atoms with Crippen molar-refractivity contribution in [3.8, 4) is 36.4 Å². The third-order valence-electron chi connectivity index (χ3n) is 4.14. The van der Waals surface area contributed by atoms with Crippen LogP contribution in [-0.4, -0.2) is 0 Å². The van der Waals surface area contributed by atoms with E-state index in [0.29, 0.717) is 16.2 Å². The van der Waals surface area contributed by atoms with E-state index >= 15 is 0 Å². The van der Waals surface area contributed by atoms with E-state index in [9.17, 15) is 31.6 Å². The van der Waals surface area contributed by atoms with Crippen LogP contribution in [0.2, 0.25) is 0 Å². The van der Waals surface area contributed by atoms with Crippen molar-refractivity contribution in [2.45, 2.75) is 0 Å². The molecule has 6 nitrogen and oxygen atoms in total. The maximum atomic E-state index is 9.64. The minimum absolute atomic E-state index is 0.0359. The van der Waals surface area contributed by atoms with Gasteiger partial charge in [-0.05, 0) is 11.5 Å². The lowest BCUT2D eigenvalue weighted by Crippen LogP contribution is -1.99. The molecular weight excluding hydrogens is 324 g/mol. The number of nitriles is 6. The summed E-state index contributed by atoms with van der Waals surface area (Å²) in [6.07, 6.45) is 0. The molecule has 0 atom stereocenters. The predicted molar refractivity (Wildman–Crippen MR) is 89.7 cm³/mol. The number of benzene rings is 3. The summed E-state index contributed by atoms with van der Waals surface area (Å²) in [4.78, 5) is 0. The maximum absolute atomic E-state index is 9.64. The van der Waals surface area contributed by atoms with Gasteiger partial charge in [0.15, 0.2) is 0 Å². The van der Waals surface area contributed by atoms with Crippen molar-refractivity contribution in [2.24, 2.45) is 0 Å². The molecule has 0 amide bonds. The van der Waals surface area contributed by atoms with Gasteiger partial charge in [0.2, 0.25) is 0 Å². The molecule has 26 heavy (non-hydrogen) atoms. The first-order valence-corrected chi connectivity index (χ1v) is 7.16. The van der Waals surface area contributed by atoms with Crippen LogP contribution in [0.1, 0.15) is 33.4 Å². The average molecular weight is 328 g/mol. The minimum atomic E-state index is -0.210. The van der Waals surface area contributed by atoms with Gasteiger partial charge in [-0.2, -0.15) is 31.6 Å². The fourth-order valence-electron chi connectivity index (χ4n) is 3.06. The van der Waals surface area contributed by atoms with Gasteiger partial charge in [-0.25, -0.2) is 0 Å². The summed E-state index contributed by atoms with van der Waals surface area (Å²) in [5, 5.41) is 58.3. The molecular formula is C20H4N6. The molecule has 0 unspecified atom stereocenters. The molecule has 6 heteroatoms. The average Bonchev–Trinajstić information content (AvgIpc) is 2.69. The van der Waals surface area contributed by atoms with E-state index in [1.54, 1.807) is 18.2 Å². The molecule has 0 saturated carbocycles. The van der Waals surface area contributed by atoms with Crippen LogP contribution in [-0.2, 0) is 0 Å². The number of nitrogens with zero attached hydrogens (tertiary/aromatic N) is 6. The zero-order valence-electron chi connectivity index (χ0n) is 13.0. The second kappa shape index (κ2) is 5.96. The largest absolute Gasteiger partial charge is 0.192 e. The molecule has 0 bridgehead atoms. The van der Waals surface area contributed by atoms with E-state index in [2.05, 4.69) is 0 Å². The highest BCUT2D eigenvalue weighted by molar-refractivity contribution is 6.15. The first-order valence-electron chi connectivity index (χ1n) is 7.16. The first-order chi connectivity index (χ1) is 12.7. The molecule has 114 valence electrons. The third kappa shape index (κ3) is 1.92. The summed E-state index contributed by atoms with van der Waals surface area (Å²) in [7, 11) is 0. The van der Waals surface area contributed by atoms with Gasteiger partial charge in [-0.3, -0.25) is 0 Å². The second-order valence-electron chi connectivity index (χ2n) is 5.25. The Morgan fingerprint density at radius 3 is 1.54 bits per heavy atom. The molecule has 0 heterocycles. The van der Waals surface area contributed by atoms with Crippen LogP contribution in [0.4, 0.5) is 0 Å². The monoisotopic (exact) mass is 328 g/mol. The Balaban J connectivity index is 2.86. The van der Waals surface area contributed by atoms with Crippen molar-refractivity contribution in [1.82, 2.24) is 0 Å². The van der Waals surface area contributed by atoms with Crippen LogP contribution in [0.3, 0.4) is 0 Å². The van der Waals surface area contributed by atoms with Crippen LogP contribution in [0.15, 0.2) is 24.3 Å². The van der Waals surface area contributed by atoms with E-state index in [0.717, 1.165) is 0 Å². The quantitative estimate of drug-likeness (QED) is 0.579. The van der Waals surface area contributed by atoms with Crippen LogP contribution < -0.4 is 0 Å². The van der Waals surface area contributed by atoms with Crippen LogP contribution in [0.5, 0.6) is 0 Å². The fourth-order valence-corrected chi connectivity index (χ4v) is 3.06. The van der Waals surface area contributed by atoms with Gasteiger partial charge in [0.25, 0.3) is 0 Å². The van der Waals surface area contributed by atoms with Crippen LogP contribution in [0, 0.1) is 68.0 Å². The summed E-state index contributed by atoms with van der Waals surface area (Å²) in [6, 6.07) is 17.7. The maximum Gasteiger partial charge on any atom is 0.102 e. The number of hydrogen-bond acceptors (Lipinski definition) is 6. The van der Waals surface area contributed by atoms with Crippen molar-refractivity contribution in [2.75, 3.05) is 0 Å². The Bertz CT molecular complexity index is 1390. The highest BCUT2D eigenvalue weighted by Crippen LogP contribution is 2.37. The lowest BCUT2D eigenvalue weighted by atomic mass is 9.86. The smallest absolute Gasteiger partial charge is 0.102 e. The summed E-state index contributed by atoms with van der Waals surface area (Å²) >= 11 is 0. The molecule has 0 saturated heterocycles. The molecule has 0 aliphatic carbocycles. The molecule has 3 aromatic carbocycles. The Morgan fingerprint density at radius 2 is 1.00 bits per heavy atom. The van der Waals surface area contributed by atoms with Crippen molar-refractivity contribution < 1.29 is 0 Å². The molecule has 0 spiro atoms. The highest BCUT2D eigenvalue weighted by Gasteiger charge is 2.23. The molecule has 0 aliphatic heterocycles. The molecule has 0 N–H and O–H groups in total. The van der Waals surface area contributed by atoms with Gasteiger partial charge >= 0.3 is 0 Å². The minimum Gasteiger partial charge on any atom is -0.192 e. The summed E-state index contributed by atoms with van der Waals surface area (Å²) in [5.74, 6) is 0. The van der Waals surface area contributed by atoms with Crippen LogP contribution >= 0.6 is 0 Å². The fraction of sp³-hybridized carbons (Fsp3) is 0. The molecule has 0 aromatic heterocycles. The molecule has 0 radical (unpaired) electrons. The Morgan fingerprint density at radius 1 is 0.462 bits per heavy atom. The van der Waals surface area contributed by atoms with Gasteiger partial charge in [-0.15, -0.1) is 0 Å². The second-order valence-corrected chi connectivity index (χ2v) is 5.25. The van der Waals surface area contributed by atoms with E-state index in [1.807, 2.05) is 36.4 Å². The standard InChI is InChI=1S/C20H4N6/c21-5-12-2-1-11-3-4-13-15(7-23)16(8-24)17(9-25)18(10-26)20(13)19(11)14(12)6-22/h1-4H. The summed E-state index contributed by atoms with van der Waals surface area (Å²) < 4.78 is 0. The van der Waals surface area contributed by atoms with Crippen LogP contribution in [0.25, 0.3) is 21.5 Å². The zero-order valence-corrected chi connectivity index (χ0v) is 13.0. The van der Waals surface area contributed by atoms with Crippen molar-refractivity contribution >= 4 is 21.5 Å². The van der Waals surface area contributed by atoms with E-state index in [1.165, 1.54) is 6.07 Å². The number of rotatable bonds is 0. The van der Waals surface area contributed by atoms with Gasteiger partial charge in [-0.1, -0.05) is 18.2 Å². The number of hydrogen-bond donors (Lipinski definition) is 0.